The van der Waals surface area contributed by atoms with Crippen LogP contribution in [0.4, 0.5) is 15.8 Å². The van der Waals surface area contributed by atoms with Crippen molar-refractivity contribution in [3.63, 3.8) is 0 Å². The van der Waals surface area contributed by atoms with Crippen LogP contribution in [0.5, 0.6) is 0 Å². The zero-order valence-electron chi connectivity index (χ0n) is 12.9. The van der Waals surface area contributed by atoms with E-state index in [2.05, 4.69) is 10.3 Å². The first kappa shape index (κ1) is 18.2. The highest BCUT2D eigenvalue weighted by atomic mass is 32.1. The molecule has 0 unspecified atom stereocenters. The Hall–Kier alpha value is -3.14. The van der Waals surface area contributed by atoms with E-state index in [9.17, 15) is 24.1 Å². The maximum absolute atomic E-state index is 13.2. The quantitative estimate of drug-likeness (QED) is 0.365. The lowest BCUT2D eigenvalue weighted by Crippen LogP contribution is -2.20. The van der Waals surface area contributed by atoms with E-state index in [1.54, 1.807) is 5.38 Å². The maximum atomic E-state index is 13.2. The van der Waals surface area contributed by atoms with E-state index in [4.69, 9.17) is 4.74 Å². The number of rotatable bonds is 6. The van der Waals surface area contributed by atoms with Crippen LogP contribution in [-0.4, -0.2) is 28.4 Å². The molecule has 1 aromatic heterocycles. The molecule has 0 radical (unpaired) electrons. The number of nitrogens with zero attached hydrogens (tertiary/aromatic N) is 2. The van der Waals surface area contributed by atoms with E-state index in [1.807, 2.05) is 6.92 Å². The second-order valence-electron chi connectivity index (χ2n) is 4.70. The summed E-state index contributed by atoms with van der Waals surface area (Å²) in [6.45, 7) is 1.23. The standard InChI is InChI=1S/C15H12FN3O5S/c1-9-17-11(8-25-9)3-5-15(21)24-7-14(20)18-10-2-4-12(16)13(6-10)19(22)23/h2-6,8H,7H2,1H3,(H,18,20)/b5-3+. The lowest BCUT2D eigenvalue weighted by molar-refractivity contribution is -0.387. The SMILES string of the molecule is Cc1nc(/C=C/C(=O)OCC(=O)Nc2ccc(F)c([N+](=O)[O-])c2)cs1. The number of hydrogen-bond acceptors (Lipinski definition) is 7. The number of hydrogen-bond donors (Lipinski definition) is 1. The summed E-state index contributed by atoms with van der Waals surface area (Å²) in [7, 11) is 0. The molecule has 130 valence electrons. The van der Waals surface area contributed by atoms with Crippen LogP contribution in [0.2, 0.25) is 0 Å². The number of aromatic nitrogens is 1. The summed E-state index contributed by atoms with van der Waals surface area (Å²) in [5.74, 6) is -2.48. The van der Waals surface area contributed by atoms with Gasteiger partial charge in [0.05, 0.1) is 15.6 Å². The average Bonchev–Trinajstić information content (AvgIpc) is 2.98. The molecule has 0 saturated carbocycles. The summed E-state index contributed by atoms with van der Waals surface area (Å²) < 4.78 is 17.9. The maximum Gasteiger partial charge on any atom is 0.331 e. The number of anilines is 1. The lowest BCUT2D eigenvalue weighted by atomic mass is 10.2. The third-order valence-electron chi connectivity index (χ3n) is 2.80. The number of esters is 1. The Morgan fingerprint density at radius 1 is 1.48 bits per heavy atom. The average molecular weight is 365 g/mol. The molecule has 2 aromatic rings. The number of ether oxygens (including phenoxy) is 1. The van der Waals surface area contributed by atoms with Gasteiger partial charge in [0, 0.05) is 23.2 Å². The Morgan fingerprint density at radius 3 is 2.88 bits per heavy atom. The number of nitro benzene ring substituents is 1. The van der Waals surface area contributed by atoms with E-state index >= 15 is 0 Å². The first-order valence-electron chi connectivity index (χ1n) is 6.86. The zero-order valence-corrected chi connectivity index (χ0v) is 13.7. The minimum Gasteiger partial charge on any atom is -0.452 e. The number of carbonyl (C=O) groups excluding carboxylic acids is 2. The number of nitrogens with one attached hydrogen (secondary N) is 1. The number of benzene rings is 1. The second-order valence-corrected chi connectivity index (χ2v) is 5.77. The Kier molecular flexibility index (Phi) is 5.90. The highest BCUT2D eigenvalue weighted by Crippen LogP contribution is 2.21. The van der Waals surface area contributed by atoms with Crippen molar-refractivity contribution in [1.82, 2.24) is 4.98 Å². The number of aryl methyl sites for hydroxylation is 1. The normalized spacial score (nSPS) is 10.6. The van der Waals surface area contributed by atoms with Crippen molar-refractivity contribution in [2.45, 2.75) is 6.92 Å². The molecule has 2 rings (SSSR count). The number of amides is 1. The Labute approximate surface area is 145 Å². The van der Waals surface area contributed by atoms with Gasteiger partial charge in [-0.15, -0.1) is 11.3 Å². The van der Waals surface area contributed by atoms with Gasteiger partial charge < -0.3 is 10.1 Å². The largest absolute Gasteiger partial charge is 0.452 e. The molecule has 1 heterocycles. The first-order valence-corrected chi connectivity index (χ1v) is 7.74. The molecule has 0 saturated heterocycles. The van der Waals surface area contributed by atoms with Crippen LogP contribution in [0.1, 0.15) is 10.7 Å². The van der Waals surface area contributed by atoms with Crippen molar-refractivity contribution in [1.29, 1.82) is 0 Å². The lowest BCUT2D eigenvalue weighted by Gasteiger charge is -2.05. The minimum atomic E-state index is -1.02. The molecular formula is C15H12FN3O5S. The Morgan fingerprint density at radius 2 is 2.24 bits per heavy atom. The number of thiazole rings is 1. The predicted molar refractivity (Wildman–Crippen MR) is 88.5 cm³/mol. The molecule has 1 amide bonds. The smallest absolute Gasteiger partial charge is 0.331 e. The van der Waals surface area contributed by atoms with Crippen LogP contribution in [-0.2, 0) is 14.3 Å². The molecule has 0 aliphatic rings. The van der Waals surface area contributed by atoms with E-state index in [0.29, 0.717) is 5.69 Å². The van der Waals surface area contributed by atoms with Crippen molar-refractivity contribution in [3.8, 4) is 0 Å². The Balaban J connectivity index is 1.86. The van der Waals surface area contributed by atoms with E-state index in [-0.39, 0.29) is 5.69 Å². The zero-order chi connectivity index (χ0) is 18.4. The van der Waals surface area contributed by atoms with Gasteiger partial charge in [-0.05, 0) is 25.1 Å². The topological polar surface area (TPSA) is 111 Å². The molecule has 25 heavy (non-hydrogen) atoms. The van der Waals surface area contributed by atoms with Gasteiger partial charge in [-0.2, -0.15) is 4.39 Å². The van der Waals surface area contributed by atoms with Gasteiger partial charge in [0.1, 0.15) is 0 Å². The van der Waals surface area contributed by atoms with Crippen LogP contribution in [0, 0.1) is 22.9 Å². The van der Waals surface area contributed by atoms with Crippen molar-refractivity contribution in [2.75, 3.05) is 11.9 Å². The van der Waals surface area contributed by atoms with E-state index in [0.717, 1.165) is 29.3 Å². The molecule has 10 heteroatoms. The van der Waals surface area contributed by atoms with Crippen LogP contribution in [0.25, 0.3) is 6.08 Å². The summed E-state index contributed by atoms with van der Waals surface area (Å²) in [4.78, 5) is 37.0. The molecule has 8 nitrogen and oxygen atoms in total. The van der Waals surface area contributed by atoms with Gasteiger partial charge in [0.15, 0.2) is 6.61 Å². The van der Waals surface area contributed by atoms with Gasteiger partial charge in [-0.3, -0.25) is 14.9 Å². The first-order chi connectivity index (χ1) is 11.8. The molecule has 1 aromatic carbocycles. The van der Waals surface area contributed by atoms with Crippen molar-refractivity contribution < 1.29 is 23.6 Å². The van der Waals surface area contributed by atoms with E-state index in [1.165, 1.54) is 17.4 Å². The van der Waals surface area contributed by atoms with Crippen molar-refractivity contribution in [2.24, 2.45) is 0 Å². The fraction of sp³-hybridized carbons (Fsp3) is 0.133. The highest BCUT2D eigenvalue weighted by molar-refractivity contribution is 7.09. The third kappa shape index (κ3) is 5.46. The molecule has 0 aliphatic carbocycles. The van der Waals surface area contributed by atoms with Gasteiger partial charge >= 0.3 is 11.7 Å². The monoisotopic (exact) mass is 365 g/mol. The van der Waals surface area contributed by atoms with Crippen molar-refractivity contribution >= 4 is 40.7 Å². The molecule has 0 aliphatic heterocycles. The molecule has 0 spiro atoms. The summed E-state index contributed by atoms with van der Waals surface area (Å²) in [5.41, 5.74) is -0.151. The second kappa shape index (κ2) is 8.11. The van der Waals surface area contributed by atoms with Crippen LogP contribution in [0.15, 0.2) is 29.7 Å². The van der Waals surface area contributed by atoms with Crippen molar-refractivity contribution in [3.05, 3.63) is 56.3 Å². The summed E-state index contributed by atoms with van der Waals surface area (Å²) >= 11 is 1.43. The van der Waals surface area contributed by atoms with Crippen LogP contribution >= 0.6 is 11.3 Å². The van der Waals surface area contributed by atoms with Gasteiger partial charge in [-0.1, -0.05) is 0 Å². The molecule has 0 fully saturated rings. The number of halogens is 1. The fourth-order valence-corrected chi connectivity index (χ4v) is 2.30. The minimum absolute atomic E-state index is 0.0163. The molecule has 0 bridgehead atoms. The van der Waals surface area contributed by atoms with Gasteiger partial charge in [-0.25, -0.2) is 9.78 Å². The summed E-state index contributed by atoms with van der Waals surface area (Å²) in [6.07, 6.45) is 2.58. The number of nitro groups is 1. The highest BCUT2D eigenvalue weighted by Gasteiger charge is 2.15. The fourth-order valence-electron chi connectivity index (χ4n) is 1.72. The number of carbonyl (C=O) groups is 2. The van der Waals surface area contributed by atoms with Gasteiger partial charge in [0.2, 0.25) is 5.82 Å². The molecular weight excluding hydrogens is 353 g/mol. The summed E-state index contributed by atoms with van der Waals surface area (Å²) in [6, 6.07) is 2.89. The summed E-state index contributed by atoms with van der Waals surface area (Å²) in [5, 5.41) is 15.5. The molecule has 1 N–H and O–H groups in total. The van der Waals surface area contributed by atoms with Gasteiger partial charge in [0.25, 0.3) is 5.91 Å². The Bertz CT molecular complexity index is 849. The van der Waals surface area contributed by atoms with E-state index < -0.39 is 34.9 Å². The predicted octanol–water partition coefficient (Wildman–Crippen LogP) is 2.69. The van der Waals surface area contributed by atoms with Crippen LogP contribution < -0.4 is 5.32 Å². The molecule has 0 atom stereocenters. The van der Waals surface area contributed by atoms with Crippen LogP contribution in [0.3, 0.4) is 0 Å². The third-order valence-corrected chi connectivity index (χ3v) is 3.59.